The van der Waals surface area contributed by atoms with Crippen molar-refractivity contribution in [2.24, 2.45) is 0 Å². The fourth-order valence-corrected chi connectivity index (χ4v) is 1.71. The standard InChI is InChI=1S/C12H10F4N4O2/c1-5-3-6(19-22-5)17-7(21)4-20(2)10-8(13)11(15)18-12(16)9(10)14/h3H,4H2,1-2H3,(H,17,19,21). The number of rotatable bonds is 4. The molecule has 0 aliphatic carbocycles. The van der Waals surface area contributed by atoms with E-state index in [2.05, 4.69) is 15.5 Å². The molecule has 0 fully saturated rings. The molecule has 0 unspecified atom stereocenters. The number of hydrogen-bond acceptors (Lipinski definition) is 5. The van der Waals surface area contributed by atoms with Gasteiger partial charge in [0.25, 0.3) is 11.9 Å². The largest absolute Gasteiger partial charge is 0.360 e. The van der Waals surface area contributed by atoms with Gasteiger partial charge in [-0.05, 0) is 6.92 Å². The van der Waals surface area contributed by atoms with Gasteiger partial charge >= 0.3 is 0 Å². The number of nitrogens with zero attached hydrogens (tertiary/aromatic N) is 3. The van der Waals surface area contributed by atoms with Crippen LogP contribution in [0.1, 0.15) is 5.76 Å². The molecule has 2 aromatic rings. The topological polar surface area (TPSA) is 71.3 Å². The van der Waals surface area contributed by atoms with Gasteiger partial charge in [0.2, 0.25) is 17.5 Å². The second kappa shape index (κ2) is 6.00. The molecule has 0 aliphatic rings. The second-order valence-electron chi connectivity index (χ2n) is 4.40. The van der Waals surface area contributed by atoms with E-state index in [1.807, 2.05) is 0 Å². The lowest BCUT2D eigenvalue weighted by molar-refractivity contribution is -0.115. The van der Waals surface area contributed by atoms with Gasteiger partial charge < -0.3 is 14.7 Å². The first kappa shape index (κ1) is 15.7. The Bertz CT molecular complexity index is 693. The Balaban J connectivity index is 2.15. The van der Waals surface area contributed by atoms with Crippen LogP contribution in [-0.4, -0.2) is 29.6 Å². The number of pyridine rings is 1. The molecule has 118 valence electrons. The number of aryl methyl sites for hydroxylation is 1. The van der Waals surface area contributed by atoms with Crippen LogP contribution in [-0.2, 0) is 4.79 Å². The fourth-order valence-electron chi connectivity index (χ4n) is 1.71. The van der Waals surface area contributed by atoms with E-state index < -0.39 is 41.7 Å². The maximum atomic E-state index is 13.5. The fraction of sp³-hybridized carbons (Fsp3) is 0.250. The van der Waals surface area contributed by atoms with Gasteiger partial charge in [-0.1, -0.05) is 5.16 Å². The van der Waals surface area contributed by atoms with E-state index in [-0.39, 0.29) is 5.82 Å². The summed E-state index contributed by atoms with van der Waals surface area (Å²) in [5.41, 5.74) is -1.03. The summed E-state index contributed by atoms with van der Waals surface area (Å²) in [6.45, 7) is 1.02. The third kappa shape index (κ3) is 3.15. The summed E-state index contributed by atoms with van der Waals surface area (Å²) in [4.78, 5) is 14.9. The van der Waals surface area contributed by atoms with Crippen LogP contribution in [0.15, 0.2) is 10.6 Å². The third-order valence-corrected chi connectivity index (χ3v) is 2.63. The van der Waals surface area contributed by atoms with Crippen LogP contribution in [0.4, 0.5) is 29.1 Å². The summed E-state index contributed by atoms with van der Waals surface area (Å²) < 4.78 is 57.8. The number of anilines is 2. The molecule has 1 amide bonds. The molecule has 0 radical (unpaired) electrons. The SMILES string of the molecule is Cc1cc(NC(=O)CN(C)c2c(F)c(F)nc(F)c2F)no1. The van der Waals surface area contributed by atoms with Crippen molar-refractivity contribution in [1.29, 1.82) is 0 Å². The van der Waals surface area contributed by atoms with Gasteiger partial charge in [0.05, 0.1) is 6.54 Å². The van der Waals surface area contributed by atoms with Gasteiger partial charge in [-0.3, -0.25) is 4.79 Å². The molecule has 2 heterocycles. The molecule has 0 aliphatic heterocycles. The first-order chi connectivity index (χ1) is 10.3. The van der Waals surface area contributed by atoms with Crippen molar-refractivity contribution < 1.29 is 26.9 Å². The number of aromatic nitrogens is 2. The van der Waals surface area contributed by atoms with Crippen LogP contribution in [0.2, 0.25) is 0 Å². The molecule has 0 spiro atoms. The molecular formula is C12H10F4N4O2. The monoisotopic (exact) mass is 318 g/mol. The summed E-state index contributed by atoms with van der Waals surface area (Å²) in [5, 5.41) is 5.79. The van der Waals surface area contributed by atoms with Crippen LogP contribution in [0.5, 0.6) is 0 Å². The van der Waals surface area contributed by atoms with Gasteiger partial charge in [-0.25, -0.2) is 0 Å². The minimum absolute atomic E-state index is 0.101. The Morgan fingerprint density at radius 3 is 2.36 bits per heavy atom. The second-order valence-corrected chi connectivity index (χ2v) is 4.40. The summed E-state index contributed by atoms with van der Waals surface area (Å²) >= 11 is 0. The van der Waals surface area contributed by atoms with Crippen molar-refractivity contribution in [3.05, 3.63) is 35.4 Å². The van der Waals surface area contributed by atoms with Gasteiger partial charge in [-0.15, -0.1) is 0 Å². The molecule has 0 atom stereocenters. The zero-order chi connectivity index (χ0) is 16.4. The van der Waals surface area contributed by atoms with Crippen LogP contribution in [0.25, 0.3) is 0 Å². The van der Waals surface area contributed by atoms with Gasteiger partial charge in [0, 0.05) is 13.1 Å². The zero-order valence-electron chi connectivity index (χ0n) is 11.5. The average Bonchev–Trinajstić information content (AvgIpc) is 2.81. The van der Waals surface area contributed by atoms with Gasteiger partial charge in [0.1, 0.15) is 11.4 Å². The number of likely N-dealkylation sites (N-methyl/N-ethyl adjacent to an activating group) is 1. The van der Waals surface area contributed by atoms with Crippen LogP contribution < -0.4 is 10.2 Å². The first-order valence-electron chi connectivity index (χ1n) is 5.94. The molecule has 0 saturated heterocycles. The van der Waals surface area contributed by atoms with Crippen LogP contribution in [0.3, 0.4) is 0 Å². The Hall–Kier alpha value is -2.65. The number of nitrogens with one attached hydrogen (secondary N) is 1. The molecule has 0 bridgehead atoms. The maximum Gasteiger partial charge on any atom is 0.253 e. The minimum Gasteiger partial charge on any atom is -0.360 e. The van der Waals surface area contributed by atoms with E-state index in [0.29, 0.717) is 10.7 Å². The van der Waals surface area contributed by atoms with E-state index in [4.69, 9.17) is 4.52 Å². The van der Waals surface area contributed by atoms with E-state index in [1.165, 1.54) is 6.07 Å². The lowest BCUT2D eigenvalue weighted by atomic mass is 10.3. The molecular weight excluding hydrogens is 308 g/mol. The quantitative estimate of drug-likeness (QED) is 0.690. The molecule has 1 N–H and O–H groups in total. The van der Waals surface area contributed by atoms with Crippen molar-refractivity contribution in [1.82, 2.24) is 10.1 Å². The van der Waals surface area contributed by atoms with Crippen molar-refractivity contribution in [2.45, 2.75) is 6.92 Å². The predicted octanol–water partition coefficient (Wildman–Crippen LogP) is 2.01. The molecule has 2 aromatic heterocycles. The predicted molar refractivity (Wildman–Crippen MR) is 67.2 cm³/mol. The number of carbonyl (C=O) groups excluding carboxylic acids is 1. The van der Waals surface area contributed by atoms with E-state index in [1.54, 1.807) is 6.92 Å². The van der Waals surface area contributed by atoms with E-state index >= 15 is 0 Å². The highest BCUT2D eigenvalue weighted by Gasteiger charge is 2.24. The molecule has 6 nitrogen and oxygen atoms in total. The highest BCUT2D eigenvalue weighted by atomic mass is 19.2. The van der Waals surface area contributed by atoms with E-state index in [0.717, 1.165) is 7.05 Å². The maximum absolute atomic E-state index is 13.5. The Morgan fingerprint density at radius 2 is 1.86 bits per heavy atom. The Labute approximate surface area is 121 Å². The van der Waals surface area contributed by atoms with Crippen LogP contribution in [0, 0.1) is 30.5 Å². The van der Waals surface area contributed by atoms with Crippen molar-refractivity contribution in [3.63, 3.8) is 0 Å². The smallest absolute Gasteiger partial charge is 0.253 e. The van der Waals surface area contributed by atoms with Gasteiger partial charge in [0.15, 0.2) is 5.82 Å². The highest BCUT2D eigenvalue weighted by molar-refractivity contribution is 5.93. The third-order valence-electron chi connectivity index (χ3n) is 2.63. The lowest BCUT2D eigenvalue weighted by Gasteiger charge is -2.19. The van der Waals surface area contributed by atoms with Gasteiger partial charge in [-0.2, -0.15) is 22.5 Å². The molecule has 10 heteroatoms. The molecule has 22 heavy (non-hydrogen) atoms. The molecule has 2 rings (SSSR count). The Morgan fingerprint density at radius 1 is 1.27 bits per heavy atom. The normalized spacial score (nSPS) is 10.6. The average molecular weight is 318 g/mol. The molecule has 0 aromatic carbocycles. The summed E-state index contributed by atoms with van der Waals surface area (Å²) in [5.74, 6) is -7.14. The van der Waals surface area contributed by atoms with Crippen molar-refractivity contribution in [2.75, 3.05) is 23.8 Å². The minimum atomic E-state index is -1.80. The van der Waals surface area contributed by atoms with Crippen molar-refractivity contribution >= 4 is 17.4 Å². The van der Waals surface area contributed by atoms with Crippen molar-refractivity contribution in [3.8, 4) is 0 Å². The lowest BCUT2D eigenvalue weighted by Crippen LogP contribution is -2.32. The molecule has 0 saturated carbocycles. The zero-order valence-corrected chi connectivity index (χ0v) is 11.5. The first-order valence-corrected chi connectivity index (χ1v) is 5.94. The summed E-state index contributed by atoms with van der Waals surface area (Å²) in [6, 6.07) is 1.42. The summed E-state index contributed by atoms with van der Waals surface area (Å²) in [7, 11) is 1.09. The summed E-state index contributed by atoms with van der Waals surface area (Å²) in [6.07, 6.45) is 0. The van der Waals surface area contributed by atoms with Crippen LogP contribution >= 0.6 is 0 Å². The number of carbonyl (C=O) groups is 1. The number of hydrogen-bond donors (Lipinski definition) is 1. The highest BCUT2D eigenvalue weighted by Crippen LogP contribution is 2.25. The Kier molecular flexibility index (Phi) is 4.29. The number of halogens is 4. The van der Waals surface area contributed by atoms with E-state index in [9.17, 15) is 22.4 Å². The number of amides is 1.